The molecule has 0 saturated carbocycles. The first kappa shape index (κ1) is 16.8. The summed E-state index contributed by atoms with van der Waals surface area (Å²) in [6, 6.07) is -0.717. The third-order valence-corrected chi connectivity index (χ3v) is 8.42. The van der Waals surface area contributed by atoms with Crippen LogP contribution in [0.2, 0.25) is 0 Å². The van der Waals surface area contributed by atoms with Gasteiger partial charge in [-0.2, -0.15) is 0 Å². The molecular weight excluding hydrogens is 358 g/mol. The predicted molar refractivity (Wildman–Crippen MR) is 76.4 cm³/mol. The minimum Gasteiger partial charge on any atom is -0.395 e. The number of halogens is 1. The lowest BCUT2D eigenvalue weighted by atomic mass is 10.0. The van der Waals surface area contributed by atoms with Gasteiger partial charge >= 0.3 is 0 Å². The number of aliphatic hydroxyl groups excluding tert-OH is 1. The van der Waals surface area contributed by atoms with Gasteiger partial charge < -0.3 is 5.11 Å². The van der Waals surface area contributed by atoms with Crippen LogP contribution in [0.4, 0.5) is 0 Å². The molecule has 0 amide bonds. The molecular formula is C10H16BrNO5S2. The number of aliphatic hydroxyl groups is 1. The molecule has 1 heterocycles. The van der Waals surface area contributed by atoms with E-state index in [9.17, 15) is 21.9 Å². The maximum Gasteiger partial charge on any atom is 0.252 e. The van der Waals surface area contributed by atoms with Gasteiger partial charge in [0.1, 0.15) is 3.81 Å². The molecule has 0 spiro atoms. The van der Waals surface area contributed by atoms with Crippen molar-refractivity contribution in [1.29, 1.82) is 0 Å². The SMILES string of the molecule is CC[C@H](C)[C@@H](CO)NS(=O)(=O)C1=CC=C(Br)S1(=O)=O. The average Bonchev–Trinajstić information content (AvgIpc) is 2.60. The Kier molecular flexibility index (Phi) is 5.35. The van der Waals surface area contributed by atoms with Gasteiger partial charge in [0.25, 0.3) is 10.0 Å². The van der Waals surface area contributed by atoms with E-state index in [1.54, 1.807) is 6.92 Å². The van der Waals surface area contributed by atoms with Crippen molar-refractivity contribution in [2.75, 3.05) is 6.61 Å². The Bertz CT molecular complexity index is 606. The van der Waals surface area contributed by atoms with Crippen molar-refractivity contribution in [3.63, 3.8) is 0 Å². The number of allylic oxidation sites excluding steroid dienone is 2. The van der Waals surface area contributed by atoms with Crippen molar-refractivity contribution >= 4 is 35.8 Å². The molecule has 0 unspecified atom stereocenters. The summed E-state index contributed by atoms with van der Waals surface area (Å²) in [6.45, 7) is 3.23. The van der Waals surface area contributed by atoms with Crippen LogP contribution >= 0.6 is 15.9 Å². The van der Waals surface area contributed by atoms with Crippen molar-refractivity contribution < 1.29 is 21.9 Å². The van der Waals surface area contributed by atoms with E-state index < -0.39 is 36.7 Å². The van der Waals surface area contributed by atoms with Crippen molar-refractivity contribution in [2.24, 2.45) is 5.92 Å². The van der Waals surface area contributed by atoms with E-state index in [0.29, 0.717) is 6.42 Å². The molecule has 0 aliphatic carbocycles. The van der Waals surface area contributed by atoms with Crippen LogP contribution in [0.3, 0.4) is 0 Å². The minimum atomic E-state index is -4.19. The second-order valence-electron chi connectivity index (χ2n) is 4.26. The van der Waals surface area contributed by atoms with Gasteiger partial charge in [-0.05, 0) is 34.0 Å². The summed E-state index contributed by atoms with van der Waals surface area (Å²) in [5.74, 6) is -0.110. The molecule has 2 atom stereocenters. The van der Waals surface area contributed by atoms with E-state index in [1.807, 2.05) is 6.92 Å². The first-order valence-corrected chi connectivity index (χ1v) is 9.38. The topological polar surface area (TPSA) is 101 Å². The molecule has 19 heavy (non-hydrogen) atoms. The van der Waals surface area contributed by atoms with Gasteiger partial charge in [0.15, 0.2) is 4.24 Å². The van der Waals surface area contributed by atoms with Crippen molar-refractivity contribution in [1.82, 2.24) is 4.72 Å². The predicted octanol–water partition coefficient (Wildman–Crippen LogP) is 0.819. The highest BCUT2D eigenvalue weighted by Crippen LogP contribution is 2.31. The van der Waals surface area contributed by atoms with Gasteiger partial charge in [-0.15, -0.1) is 0 Å². The second kappa shape index (κ2) is 6.04. The Morgan fingerprint density at radius 3 is 2.37 bits per heavy atom. The summed E-state index contributed by atoms with van der Waals surface area (Å²) in [7, 11) is -8.19. The largest absolute Gasteiger partial charge is 0.395 e. The van der Waals surface area contributed by atoms with E-state index in [1.165, 1.54) is 6.08 Å². The zero-order valence-electron chi connectivity index (χ0n) is 10.5. The molecule has 110 valence electrons. The third-order valence-electron chi connectivity index (χ3n) is 2.97. The van der Waals surface area contributed by atoms with E-state index in [-0.39, 0.29) is 9.73 Å². The quantitative estimate of drug-likeness (QED) is 0.717. The maximum atomic E-state index is 12.1. The highest BCUT2D eigenvalue weighted by molar-refractivity contribution is 9.13. The van der Waals surface area contributed by atoms with E-state index in [4.69, 9.17) is 0 Å². The summed E-state index contributed by atoms with van der Waals surface area (Å²) < 4.78 is 49.0. The number of hydrogen-bond donors (Lipinski definition) is 2. The second-order valence-corrected chi connectivity index (χ2v) is 9.46. The number of sulfonamides is 1. The lowest BCUT2D eigenvalue weighted by molar-refractivity contribution is 0.219. The van der Waals surface area contributed by atoms with E-state index in [2.05, 4.69) is 20.7 Å². The minimum absolute atomic E-state index is 0.110. The van der Waals surface area contributed by atoms with Crippen molar-refractivity contribution in [2.45, 2.75) is 26.3 Å². The average molecular weight is 374 g/mol. The van der Waals surface area contributed by atoms with Gasteiger partial charge in [0, 0.05) is 6.04 Å². The van der Waals surface area contributed by atoms with Crippen molar-refractivity contribution in [3.8, 4) is 0 Å². The molecule has 0 aromatic heterocycles. The molecule has 1 aliphatic rings. The smallest absolute Gasteiger partial charge is 0.252 e. The number of sulfone groups is 1. The maximum absolute atomic E-state index is 12.1. The van der Waals surface area contributed by atoms with Gasteiger partial charge in [-0.25, -0.2) is 21.6 Å². The van der Waals surface area contributed by atoms with Crippen molar-refractivity contribution in [3.05, 3.63) is 20.2 Å². The number of rotatable bonds is 6. The van der Waals surface area contributed by atoms with Crippen LogP contribution in [0.1, 0.15) is 20.3 Å². The first-order chi connectivity index (χ1) is 8.66. The molecule has 2 N–H and O–H groups in total. The van der Waals surface area contributed by atoms with Crippen LogP contribution in [0.25, 0.3) is 0 Å². The fraction of sp³-hybridized carbons (Fsp3) is 0.600. The Balaban J connectivity index is 3.03. The standard InChI is InChI=1S/C10H16BrNO5S2/c1-3-7(2)8(6-13)12-19(16,17)10-5-4-9(11)18(10,14)15/h4-5,7-8,12-13H,3,6H2,1-2H3/t7-,8+/m0/s1. The Labute approximate surface area is 121 Å². The lowest BCUT2D eigenvalue weighted by Crippen LogP contribution is -2.42. The number of hydrogen-bond acceptors (Lipinski definition) is 5. The molecule has 0 radical (unpaired) electrons. The third kappa shape index (κ3) is 3.46. The highest BCUT2D eigenvalue weighted by atomic mass is 79.9. The number of nitrogens with one attached hydrogen (secondary N) is 1. The molecule has 0 bridgehead atoms. The summed E-state index contributed by atoms with van der Waals surface area (Å²) in [5, 5.41) is 9.20. The van der Waals surface area contributed by atoms with Crippen LogP contribution in [0.15, 0.2) is 20.2 Å². The molecule has 9 heteroatoms. The summed E-state index contributed by atoms with van der Waals surface area (Å²) >= 11 is 2.80. The van der Waals surface area contributed by atoms with Crippen LogP contribution in [-0.2, 0) is 19.9 Å². The van der Waals surface area contributed by atoms with Gasteiger partial charge in [-0.3, -0.25) is 0 Å². The summed E-state index contributed by atoms with van der Waals surface area (Å²) in [4.78, 5) is 0. The highest BCUT2D eigenvalue weighted by Gasteiger charge is 2.37. The molecule has 0 fully saturated rings. The Morgan fingerprint density at radius 2 is 2.00 bits per heavy atom. The zero-order valence-corrected chi connectivity index (χ0v) is 13.7. The monoisotopic (exact) mass is 373 g/mol. The van der Waals surface area contributed by atoms with Crippen LogP contribution in [0.5, 0.6) is 0 Å². The van der Waals surface area contributed by atoms with Gasteiger partial charge in [-0.1, -0.05) is 20.3 Å². The van der Waals surface area contributed by atoms with E-state index in [0.717, 1.165) is 6.08 Å². The fourth-order valence-electron chi connectivity index (χ4n) is 1.52. The summed E-state index contributed by atoms with van der Waals surface area (Å²) in [6.07, 6.45) is 2.84. The molecule has 0 aromatic carbocycles. The summed E-state index contributed by atoms with van der Waals surface area (Å²) in [5.41, 5.74) is 0. The van der Waals surface area contributed by atoms with Crippen LogP contribution in [-0.4, -0.2) is 34.6 Å². The lowest BCUT2D eigenvalue weighted by Gasteiger charge is -2.22. The van der Waals surface area contributed by atoms with Crippen LogP contribution < -0.4 is 4.72 Å². The fourth-order valence-corrected chi connectivity index (χ4v) is 5.82. The van der Waals surface area contributed by atoms with E-state index >= 15 is 0 Å². The van der Waals surface area contributed by atoms with Gasteiger partial charge in [0.05, 0.1) is 6.61 Å². The molecule has 1 aliphatic heterocycles. The zero-order chi connectivity index (χ0) is 14.8. The molecule has 6 nitrogen and oxygen atoms in total. The Morgan fingerprint density at radius 1 is 1.42 bits per heavy atom. The normalized spacial score (nSPS) is 21.7. The Hall–Kier alpha value is -0.220. The molecule has 0 aromatic rings. The van der Waals surface area contributed by atoms with Gasteiger partial charge in [0.2, 0.25) is 9.84 Å². The molecule has 0 saturated heterocycles. The first-order valence-electron chi connectivity index (χ1n) is 5.62. The molecule has 1 rings (SSSR count). The van der Waals surface area contributed by atoms with Crippen LogP contribution in [0, 0.1) is 5.92 Å².